The van der Waals surface area contributed by atoms with Gasteiger partial charge in [-0.2, -0.15) is 0 Å². The lowest BCUT2D eigenvalue weighted by Gasteiger charge is -2.07. The normalized spacial score (nSPS) is 19.1. The molecule has 2 N–H and O–H groups in total. The second-order valence-corrected chi connectivity index (χ2v) is 3.59. The van der Waals surface area contributed by atoms with Crippen LogP contribution in [0.2, 0.25) is 0 Å². The van der Waals surface area contributed by atoms with Crippen LogP contribution in [0, 0.1) is 5.82 Å². The van der Waals surface area contributed by atoms with Gasteiger partial charge in [0.05, 0.1) is 6.61 Å². The van der Waals surface area contributed by atoms with E-state index in [2.05, 4.69) is 0 Å². The molecule has 0 fully saturated rings. The molecule has 76 valence electrons. The first-order valence-corrected chi connectivity index (χ1v) is 4.94. The summed E-state index contributed by atoms with van der Waals surface area (Å²) in [5.74, 6) is 0.740. The first kappa shape index (κ1) is 9.46. The minimum absolute atomic E-state index is 0.151. The van der Waals surface area contributed by atoms with E-state index in [1.807, 2.05) is 6.07 Å². The number of hydrogen-bond donors (Lipinski definition) is 1. The highest BCUT2D eigenvalue weighted by Gasteiger charge is 2.26. The van der Waals surface area contributed by atoms with Gasteiger partial charge in [-0.25, -0.2) is 4.39 Å². The zero-order valence-corrected chi connectivity index (χ0v) is 8.00. The lowest BCUT2D eigenvalue weighted by Crippen LogP contribution is -2.06. The van der Waals surface area contributed by atoms with Crippen molar-refractivity contribution in [3.63, 3.8) is 0 Å². The maximum absolute atomic E-state index is 13.5. The van der Waals surface area contributed by atoms with Crippen LogP contribution in [0.25, 0.3) is 0 Å². The van der Waals surface area contributed by atoms with E-state index < -0.39 is 0 Å². The average molecular weight is 195 g/mol. The number of hydrogen-bond acceptors (Lipinski definition) is 2. The van der Waals surface area contributed by atoms with Crippen molar-refractivity contribution >= 4 is 0 Å². The summed E-state index contributed by atoms with van der Waals surface area (Å²) in [7, 11) is 0. The first-order chi connectivity index (χ1) is 6.83. The summed E-state index contributed by atoms with van der Waals surface area (Å²) in [6.45, 7) is 1.25. The Morgan fingerprint density at radius 2 is 2.36 bits per heavy atom. The third-order valence-corrected chi connectivity index (χ3v) is 2.62. The molecule has 2 nitrogen and oxygen atoms in total. The number of nitrogens with two attached hydrogens (primary N) is 1. The van der Waals surface area contributed by atoms with Crippen LogP contribution in [0.15, 0.2) is 18.2 Å². The summed E-state index contributed by atoms with van der Waals surface area (Å²) >= 11 is 0. The van der Waals surface area contributed by atoms with Crippen LogP contribution >= 0.6 is 0 Å². The van der Waals surface area contributed by atoms with E-state index >= 15 is 0 Å². The zero-order valence-electron chi connectivity index (χ0n) is 8.00. The molecule has 3 heteroatoms. The second kappa shape index (κ2) is 3.96. The summed E-state index contributed by atoms with van der Waals surface area (Å²) in [5.41, 5.74) is 6.17. The molecule has 0 saturated heterocycles. The third-order valence-electron chi connectivity index (χ3n) is 2.62. The maximum Gasteiger partial charge on any atom is 0.130 e. The Morgan fingerprint density at radius 1 is 1.50 bits per heavy atom. The standard InChI is InChI=1S/C11H14FNO/c12-9-4-1-5-10-11(9)8(7-14-10)3-2-6-13/h1,4-5,8H,2-3,6-7,13H2. The summed E-state index contributed by atoms with van der Waals surface area (Å²) in [6, 6.07) is 4.99. The first-order valence-electron chi connectivity index (χ1n) is 4.94. The molecule has 1 heterocycles. The van der Waals surface area contributed by atoms with Gasteiger partial charge < -0.3 is 10.5 Å². The molecular formula is C11H14FNO. The van der Waals surface area contributed by atoms with Crippen molar-refractivity contribution in [1.29, 1.82) is 0 Å². The van der Waals surface area contributed by atoms with Crippen LogP contribution in [0.3, 0.4) is 0 Å². The number of benzene rings is 1. The summed E-state index contributed by atoms with van der Waals surface area (Å²) in [6.07, 6.45) is 1.83. The van der Waals surface area contributed by atoms with Crippen LogP contribution in [0.4, 0.5) is 4.39 Å². The van der Waals surface area contributed by atoms with Gasteiger partial charge in [0.25, 0.3) is 0 Å². The van der Waals surface area contributed by atoms with E-state index in [0.717, 1.165) is 18.4 Å². The fourth-order valence-corrected chi connectivity index (χ4v) is 1.90. The smallest absolute Gasteiger partial charge is 0.130 e. The van der Waals surface area contributed by atoms with Crippen LogP contribution in [0.1, 0.15) is 24.3 Å². The highest BCUT2D eigenvalue weighted by atomic mass is 19.1. The van der Waals surface area contributed by atoms with Gasteiger partial charge >= 0.3 is 0 Å². The highest BCUT2D eigenvalue weighted by molar-refractivity contribution is 5.40. The second-order valence-electron chi connectivity index (χ2n) is 3.59. The lowest BCUT2D eigenvalue weighted by atomic mass is 9.96. The Morgan fingerprint density at radius 3 is 3.14 bits per heavy atom. The van der Waals surface area contributed by atoms with E-state index in [9.17, 15) is 4.39 Å². The molecule has 2 rings (SSSR count). The molecular weight excluding hydrogens is 181 g/mol. The van der Waals surface area contributed by atoms with E-state index in [1.54, 1.807) is 6.07 Å². The molecule has 1 atom stereocenters. The molecule has 1 aliphatic rings. The minimum Gasteiger partial charge on any atom is -0.493 e. The van der Waals surface area contributed by atoms with Gasteiger partial charge in [0.2, 0.25) is 0 Å². The van der Waals surface area contributed by atoms with E-state index in [0.29, 0.717) is 18.9 Å². The third kappa shape index (κ3) is 1.60. The SMILES string of the molecule is NCCCC1COc2cccc(F)c21. The van der Waals surface area contributed by atoms with E-state index in [-0.39, 0.29) is 11.7 Å². The molecule has 14 heavy (non-hydrogen) atoms. The predicted molar refractivity (Wildman–Crippen MR) is 52.9 cm³/mol. The van der Waals surface area contributed by atoms with E-state index in [4.69, 9.17) is 10.5 Å². The molecule has 1 aromatic carbocycles. The van der Waals surface area contributed by atoms with Gasteiger partial charge in [-0.05, 0) is 31.5 Å². The van der Waals surface area contributed by atoms with Gasteiger partial charge in [0.15, 0.2) is 0 Å². The van der Waals surface area contributed by atoms with Crippen molar-refractivity contribution in [3.8, 4) is 5.75 Å². The van der Waals surface area contributed by atoms with Crippen LogP contribution in [-0.2, 0) is 0 Å². The zero-order chi connectivity index (χ0) is 9.97. The van der Waals surface area contributed by atoms with Gasteiger partial charge in [0.1, 0.15) is 11.6 Å². The van der Waals surface area contributed by atoms with Gasteiger partial charge in [0, 0.05) is 11.5 Å². The van der Waals surface area contributed by atoms with Crippen LogP contribution < -0.4 is 10.5 Å². The van der Waals surface area contributed by atoms with Crippen molar-refractivity contribution in [2.45, 2.75) is 18.8 Å². The molecule has 0 amide bonds. The van der Waals surface area contributed by atoms with E-state index in [1.165, 1.54) is 6.07 Å². The molecule has 0 spiro atoms. The Kier molecular flexibility index (Phi) is 2.68. The summed E-state index contributed by atoms with van der Waals surface area (Å²) in [4.78, 5) is 0. The lowest BCUT2D eigenvalue weighted by molar-refractivity contribution is 0.323. The number of fused-ring (bicyclic) bond motifs is 1. The maximum atomic E-state index is 13.5. The monoisotopic (exact) mass is 195 g/mol. The quantitative estimate of drug-likeness (QED) is 0.801. The van der Waals surface area contributed by atoms with Crippen molar-refractivity contribution in [1.82, 2.24) is 0 Å². The molecule has 0 saturated carbocycles. The number of halogens is 1. The van der Waals surface area contributed by atoms with Gasteiger partial charge in [-0.1, -0.05) is 6.07 Å². The molecule has 0 bridgehead atoms. The largest absolute Gasteiger partial charge is 0.493 e. The number of ether oxygens (including phenoxy) is 1. The molecule has 1 aromatic rings. The molecule has 1 aliphatic heterocycles. The Hall–Kier alpha value is -1.09. The highest BCUT2D eigenvalue weighted by Crippen LogP contribution is 2.37. The average Bonchev–Trinajstić information content (AvgIpc) is 2.59. The van der Waals surface area contributed by atoms with Crippen LogP contribution in [-0.4, -0.2) is 13.2 Å². The fraction of sp³-hybridized carbons (Fsp3) is 0.455. The fourth-order valence-electron chi connectivity index (χ4n) is 1.90. The molecule has 0 radical (unpaired) electrons. The Labute approximate surface area is 82.9 Å². The molecule has 0 aliphatic carbocycles. The van der Waals surface area contributed by atoms with Crippen molar-refractivity contribution in [2.75, 3.05) is 13.2 Å². The summed E-state index contributed by atoms with van der Waals surface area (Å²) < 4.78 is 18.9. The predicted octanol–water partition coefficient (Wildman–Crippen LogP) is 2.04. The Balaban J connectivity index is 2.20. The van der Waals surface area contributed by atoms with Gasteiger partial charge in [-0.3, -0.25) is 0 Å². The number of rotatable bonds is 3. The van der Waals surface area contributed by atoms with Crippen LogP contribution in [0.5, 0.6) is 5.75 Å². The minimum atomic E-state index is -0.151. The Bertz CT molecular complexity index is 327. The van der Waals surface area contributed by atoms with Gasteiger partial charge in [-0.15, -0.1) is 0 Å². The van der Waals surface area contributed by atoms with Crippen molar-refractivity contribution < 1.29 is 9.13 Å². The molecule has 1 unspecified atom stereocenters. The summed E-state index contributed by atoms with van der Waals surface area (Å²) in [5, 5.41) is 0. The molecule has 0 aromatic heterocycles. The topological polar surface area (TPSA) is 35.2 Å². The van der Waals surface area contributed by atoms with Crippen molar-refractivity contribution in [3.05, 3.63) is 29.6 Å². The van der Waals surface area contributed by atoms with Crippen molar-refractivity contribution in [2.24, 2.45) is 5.73 Å².